The Labute approximate surface area is 114 Å². The molecule has 2 aliphatic rings. The Bertz CT molecular complexity index is 404. The topological polar surface area (TPSA) is 20.2 Å². The molecule has 2 heteroatoms. The molecule has 3 unspecified atom stereocenters. The van der Waals surface area contributed by atoms with E-state index in [-0.39, 0.29) is 6.10 Å². The van der Waals surface area contributed by atoms with Crippen LogP contribution in [0.4, 0.5) is 0 Å². The van der Waals surface area contributed by atoms with Gasteiger partial charge >= 0.3 is 0 Å². The van der Waals surface area contributed by atoms with Gasteiger partial charge in [0.1, 0.15) is 0 Å². The first-order valence-electron chi connectivity index (χ1n) is 7.24. The monoisotopic (exact) mass is 262 g/mol. The van der Waals surface area contributed by atoms with Gasteiger partial charge in [-0.3, -0.25) is 0 Å². The highest BCUT2D eigenvalue weighted by molar-refractivity contribution is 7.99. The van der Waals surface area contributed by atoms with Gasteiger partial charge in [0.2, 0.25) is 0 Å². The third-order valence-electron chi connectivity index (χ3n) is 4.51. The van der Waals surface area contributed by atoms with Crippen molar-refractivity contribution in [2.24, 2.45) is 5.92 Å². The average molecular weight is 262 g/mol. The van der Waals surface area contributed by atoms with Crippen LogP contribution in [0, 0.1) is 5.92 Å². The molecule has 1 aliphatic carbocycles. The van der Waals surface area contributed by atoms with Crippen molar-refractivity contribution in [3.8, 4) is 0 Å². The van der Waals surface area contributed by atoms with Crippen molar-refractivity contribution in [1.29, 1.82) is 0 Å². The van der Waals surface area contributed by atoms with Gasteiger partial charge < -0.3 is 5.11 Å². The van der Waals surface area contributed by atoms with Gasteiger partial charge in [0, 0.05) is 10.6 Å². The van der Waals surface area contributed by atoms with Crippen LogP contribution < -0.4 is 0 Å². The second kappa shape index (κ2) is 5.66. The number of aliphatic hydroxyl groups is 1. The molecule has 0 aromatic heterocycles. The summed E-state index contributed by atoms with van der Waals surface area (Å²) in [5, 5.41) is 10.3. The molecule has 1 N–H and O–H groups in total. The van der Waals surface area contributed by atoms with E-state index in [1.807, 2.05) is 11.8 Å². The molecule has 3 rings (SSSR count). The maximum Gasteiger partial charge on any atom is 0.0568 e. The van der Waals surface area contributed by atoms with Crippen molar-refractivity contribution in [1.82, 2.24) is 0 Å². The van der Waals surface area contributed by atoms with Crippen molar-refractivity contribution in [3.05, 3.63) is 29.8 Å². The van der Waals surface area contributed by atoms with Crippen LogP contribution in [0.15, 0.2) is 29.2 Å². The first kappa shape index (κ1) is 12.6. The molecule has 98 valence electrons. The van der Waals surface area contributed by atoms with Gasteiger partial charge in [-0.05, 0) is 42.7 Å². The molecule has 0 amide bonds. The summed E-state index contributed by atoms with van der Waals surface area (Å²) in [6, 6.07) is 8.81. The third kappa shape index (κ3) is 2.60. The molecular formula is C16H22OS. The maximum absolute atomic E-state index is 10.3. The Morgan fingerprint density at radius 3 is 2.89 bits per heavy atom. The smallest absolute Gasteiger partial charge is 0.0568 e. The predicted octanol–water partition coefficient (Wildman–Crippen LogP) is 4.21. The fraction of sp³-hybridized carbons (Fsp3) is 0.625. The van der Waals surface area contributed by atoms with Gasteiger partial charge in [0.05, 0.1) is 6.10 Å². The highest BCUT2D eigenvalue weighted by Gasteiger charge is 2.29. The molecule has 0 spiro atoms. The molecule has 1 saturated carbocycles. The van der Waals surface area contributed by atoms with Crippen molar-refractivity contribution >= 4 is 11.8 Å². The number of benzene rings is 1. The minimum absolute atomic E-state index is 0.0507. The van der Waals surface area contributed by atoms with Gasteiger partial charge in [-0.15, -0.1) is 11.8 Å². The van der Waals surface area contributed by atoms with E-state index in [0.29, 0.717) is 11.8 Å². The number of rotatable bonds is 2. The maximum atomic E-state index is 10.3. The van der Waals surface area contributed by atoms with Crippen LogP contribution in [-0.4, -0.2) is 17.0 Å². The number of hydrogen-bond donors (Lipinski definition) is 1. The fourth-order valence-corrected chi connectivity index (χ4v) is 4.70. The van der Waals surface area contributed by atoms with Crippen LogP contribution in [0.25, 0.3) is 0 Å². The highest BCUT2D eigenvalue weighted by Crippen LogP contribution is 2.44. The lowest BCUT2D eigenvalue weighted by Crippen LogP contribution is -2.21. The van der Waals surface area contributed by atoms with Crippen LogP contribution in [0.5, 0.6) is 0 Å². The Balaban J connectivity index is 1.70. The number of hydrogen-bond acceptors (Lipinski definition) is 2. The lowest BCUT2D eigenvalue weighted by atomic mass is 9.85. The molecular weight excluding hydrogens is 240 g/mol. The summed E-state index contributed by atoms with van der Waals surface area (Å²) in [6.07, 6.45) is 7.22. The summed E-state index contributed by atoms with van der Waals surface area (Å²) >= 11 is 1.99. The summed E-state index contributed by atoms with van der Waals surface area (Å²) < 4.78 is 0. The van der Waals surface area contributed by atoms with Crippen molar-refractivity contribution in [3.63, 3.8) is 0 Å². The van der Waals surface area contributed by atoms with E-state index in [1.54, 1.807) is 0 Å². The third-order valence-corrected chi connectivity index (χ3v) is 5.76. The minimum Gasteiger partial charge on any atom is -0.393 e. The summed E-state index contributed by atoms with van der Waals surface area (Å²) in [6.45, 7) is 0. The molecule has 1 heterocycles. The van der Waals surface area contributed by atoms with Crippen LogP contribution in [0.3, 0.4) is 0 Å². The quantitative estimate of drug-likeness (QED) is 0.806. The van der Waals surface area contributed by atoms with E-state index in [1.165, 1.54) is 48.3 Å². The van der Waals surface area contributed by atoms with E-state index < -0.39 is 0 Å². The zero-order valence-electron chi connectivity index (χ0n) is 10.8. The molecule has 1 fully saturated rings. The zero-order chi connectivity index (χ0) is 12.4. The summed E-state index contributed by atoms with van der Waals surface area (Å²) in [5.74, 6) is 2.41. The minimum atomic E-state index is -0.0507. The first-order valence-corrected chi connectivity index (χ1v) is 8.23. The Kier molecular flexibility index (Phi) is 3.95. The number of thioether (sulfide) groups is 1. The summed E-state index contributed by atoms with van der Waals surface area (Å²) in [5.41, 5.74) is 1.53. The van der Waals surface area contributed by atoms with Crippen molar-refractivity contribution in [2.45, 2.75) is 55.4 Å². The van der Waals surface area contributed by atoms with E-state index in [0.717, 1.165) is 6.42 Å². The van der Waals surface area contributed by atoms with Gasteiger partial charge in [0.15, 0.2) is 0 Å². The largest absolute Gasteiger partial charge is 0.393 e. The molecule has 1 aromatic carbocycles. The first-order chi connectivity index (χ1) is 8.84. The molecule has 3 atom stereocenters. The molecule has 18 heavy (non-hydrogen) atoms. The molecule has 1 aliphatic heterocycles. The number of fused-ring (bicyclic) bond motifs is 1. The Hall–Kier alpha value is -0.470. The van der Waals surface area contributed by atoms with Gasteiger partial charge in [-0.2, -0.15) is 0 Å². The second-order valence-electron chi connectivity index (χ2n) is 5.75. The fourth-order valence-electron chi connectivity index (χ4n) is 3.43. The Morgan fingerprint density at radius 2 is 1.94 bits per heavy atom. The average Bonchev–Trinajstić information content (AvgIpc) is 2.69. The lowest BCUT2D eigenvalue weighted by molar-refractivity contribution is 0.0927. The van der Waals surface area contributed by atoms with E-state index in [2.05, 4.69) is 24.3 Å². The van der Waals surface area contributed by atoms with Crippen LogP contribution in [-0.2, 0) is 0 Å². The van der Waals surface area contributed by atoms with Crippen LogP contribution >= 0.6 is 11.8 Å². The Morgan fingerprint density at radius 1 is 1.11 bits per heavy atom. The van der Waals surface area contributed by atoms with Crippen LogP contribution in [0.1, 0.15) is 50.0 Å². The van der Waals surface area contributed by atoms with E-state index in [4.69, 9.17) is 0 Å². The standard InChI is InChI=1S/C16H22OS/c17-15-8-3-1-2-6-12(15)10-13-11-18-16-9-5-4-7-14(13)16/h4-5,7,9,12-13,15,17H,1-3,6,8,10-11H2. The molecule has 0 bridgehead atoms. The van der Waals surface area contributed by atoms with Crippen molar-refractivity contribution < 1.29 is 5.11 Å². The van der Waals surface area contributed by atoms with Gasteiger partial charge in [-0.1, -0.05) is 37.5 Å². The second-order valence-corrected chi connectivity index (χ2v) is 6.81. The molecule has 1 aromatic rings. The lowest BCUT2D eigenvalue weighted by Gasteiger charge is -2.23. The van der Waals surface area contributed by atoms with Crippen LogP contribution in [0.2, 0.25) is 0 Å². The van der Waals surface area contributed by atoms with Gasteiger partial charge in [0.25, 0.3) is 0 Å². The predicted molar refractivity (Wildman–Crippen MR) is 77.1 cm³/mol. The van der Waals surface area contributed by atoms with Crippen molar-refractivity contribution in [2.75, 3.05) is 5.75 Å². The van der Waals surface area contributed by atoms with E-state index in [9.17, 15) is 5.11 Å². The number of aliphatic hydroxyl groups excluding tert-OH is 1. The highest BCUT2D eigenvalue weighted by atomic mass is 32.2. The summed E-state index contributed by atoms with van der Waals surface area (Å²) in [7, 11) is 0. The molecule has 0 radical (unpaired) electrons. The van der Waals surface area contributed by atoms with Gasteiger partial charge in [-0.25, -0.2) is 0 Å². The summed E-state index contributed by atoms with van der Waals surface area (Å²) in [4.78, 5) is 1.46. The van der Waals surface area contributed by atoms with E-state index >= 15 is 0 Å². The SMILES string of the molecule is OC1CCCCCC1CC1CSc2ccccc21. The molecule has 1 nitrogen and oxygen atoms in total. The zero-order valence-corrected chi connectivity index (χ0v) is 11.7. The normalized spacial score (nSPS) is 31.9. The molecule has 0 saturated heterocycles.